The predicted molar refractivity (Wildman–Crippen MR) is 175 cm³/mol. The van der Waals surface area contributed by atoms with Crippen LogP contribution < -0.4 is 5.32 Å². The van der Waals surface area contributed by atoms with E-state index in [1.54, 1.807) is 5.57 Å². The van der Waals surface area contributed by atoms with Gasteiger partial charge in [-0.2, -0.15) is 0 Å². The van der Waals surface area contributed by atoms with Crippen molar-refractivity contribution in [2.75, 3.05) is 26.2 Å². The summed E-state index contributed by atoms with van der Waals surface area (Å²) in [6, 6.07) is 0.678. The van der Waals surface area contributed by atoms with Crippen molar-refractivity contribution in [3.63, 3.8) is 0 Å². The molecular weight excluding hydrogens is 544 g/mol. The summed E-state index contributed by atoms with van der Waals surface area (Å²) in [5.74, 6) is 3.06. The van der Waals surface area contributed by atoms with Crippen molar-refractivity contribution in [3.05, 3.63) is 23.3 Å². The third kappa shape index (κ3) is 4.29. The Morgan fingerprint density at radius 1 is 1.00 bits per heavy atom. The zero-order chi connectivity index (χ0) is 30.5. The molecule has 9 unspecified atom stereocenters. The van der Waals surface area contributed by atoms with Crippen LogP contribution in [-0.2, 0) is 9.53 Å². The van der Waals surface area contributed by atoms with Gasteiger partial charge in [0.05, 0.1) is 18.6 Å². The van der Waals surface area contributed by atoms with Gasteiger partial charge in [-0.25, -0.2) is 0 Å². The lowest BCUT2D eigenvalue weighted by Gasteiger charge is -2.71. The average Bonchev–Trinajstić information content (AvgIpc) is 3.74. The number of carbonyl (C=O) groups is 1. The Morgan fingerprint density at radius 3 is 2.59 bits per heavy atom. The molecule has 5 nitrogen and oxygen atoms in total. The van der Waals surface area contributed by atoms with E-state index in [0.717, 1.165) is 56.2 Å². The van der Waals surface area contributed by atoms with Crippen molar-refractivity contribution in [3.8, 4) is 0 Å². The fourth-order valence-corrected chi connectivity index (χ4v) is 14.1. The Labute approximate surface area is 267 Å². The molecular formula is C39H60N2O3. The van der Waals surface area contributed by atoms with Crippen molar-refractivity contribution >= 4 is 5.97 Å². The predicted octanol–water partition coefficient (Wildman–Crippen LogP) is 7.61. The van der Waals surface area contributed by atoms with Crippen molar-refractivity contribution in [2.24, 2.45) is 51.8 Å². The third-order valence-corrected chi connectivity index (χ3v) is 16.6. The van der Waals surface area contributed by atoms with E-state index in [2.05, 4.69) is 50.1 Å². The Balaban J connectivity index is 0.994. The second kappa shape index (κ2) is 10.7. The maximum absolute atomic E-state index is 11.6. The summed E-state index contributed by atoms with van der Waals surface area (Å²) in [6.07, 6.45) is 23.0. The summed E-state index contributed by atoms with van der Waals surface area (Å²) in [5.41, 5.74) is 4.69. The van der Waals surface area contributed by atoms with Gasteiger partial charge >= 0.3 is 5.97 Å². The number of nitrogens with one attached hydrogen (secondary N) is 1. The number of likely N-dealkylation sites (tertiary alicyclic amines) is 1. The Morgan fingerprint density at radius 2 is 1.86 bits per heavy atom. The highest BCUT2D eigenvalue weighted by atomic mass is 16.5. The Bertz CT molecular complexity index is 1230. The third-order valence-electron chi connectivity index (χ3n) is 16.6. The van der Waals surface area contributed by atoms with E-state index in [1.165, 1.54) is 82.7 Å². The van der Waals surface area contributed by atoms with Crippen LogP contribution >= 0.6 is 0 Å². The molecule has 0 aromatic heterocycles. The molecule has 0 aromatic carbocycles. The lowest BCUT2D eigenvalue weighted by Crippen LogP contribution is -2.67. The molecule has 6 fully saturated rings. The van der Waals surface area contributed by atoms with Gasteiger partial charge in [0.2, 0.25) is 0 Å². The molecule has 8 aliphatic rings. The zero-order valence-corrected chi connectivity index (χ0v) is 28.2. The quantitative estimate of drug-likeness (QED) is 0.327. The summed E-state index contributed by atoms with van der Waals surface area (Å²) < 4.78 is 5.87. The molecule has 8 rings (SSSR count). The van der Waals surface area contributed by atoms with Crippen LogP contribution in [-0.4, -0.2) is 59.9 Å². The van der Waals surface area contributed by atoms with E-state index in [0.29, 0.717) is 46.3 Å². The number of aliphatic carboxylic acids is 1. The van der Waals surface area contributed by atoms with Crippen LogP contribution in [0.1, 0.15) is 118 Å². The van der Waals surface area contributed by atoms with E-state index in [9.17, 15) is 9.90 Å². The molecule has 244 valence electrons. The first-order valence-corrected chi connectivity index (χ1v) is 18.8. The first-order chi connectivity index (χ1) is 21.1. The Hall–Kier alpha value is -1.17. The first kappa shape index (κ1) is 30.2. The number of ether oxygens (including phenoxy) is 1. The van der Waals surface area contributed by atoms with E-state index >= 15 is 0 Å². The molecule has 2 bridgehead atoms. The lowest BCUT2D eigenvalue weighted by molar-refractivity contribution is -0.212. The molecule has 0 radical (unpaired) electrons. The van der Waals surface area contributed by atoms with Crippen LogP contribution in [0.15, 0.2) is 23.3 Å². The van der Waals surface area contributed by atoms with Crippen molar-refractivity contribution < 1.29 is 14.6 Å². The molecule has 2 saturated heterocycles. The highest BCUT2D eigenvalue weighted by molar-refractivity contribution is 5.70. The monoisotopic (exact) mass is 604 g/mol. The molecule has 2 N–H and O–H groups in total. The van der Waals surface area contributed by atoms with Gasteiger partial charge in [-0.15, -0.1) is 0 Å². The van der Waals surface area contributed by atoms with Crippen LogP contribution in [0, 0.1) is 51.8 Å². The van der Waals surface area contributed by atoms with Crippen molar-refractivity contribution in [1.82, 2.24) is 10.2 Å². The molecule has 0 aromatic rings. The topological polar surface area (TPSA) is 61.8 Å². The summed E-state index contributed by atoms with van der Waals surface area (Å²) >= 11 is 0. The van der Waals surface area contributed by atoms with Crippen molar-refractivity contribution in [1.29, 1.82) is 0 Å². The van der Waals surface area contributed by atoms with Crippen LogP contribution in [0.4, 0.5) is 0 Å². The number of rotatable bonds is 6. The minimum Gasteiger partial charge on any atom is -0.481 e. The molecule has 4 saturated carbocycles. The van der Waals surface area contributed by atoms with Crippen LogP contribution in [0.5, 0.6) is 0 Å². The van der Waals surface area contributed by atoms with Gasteiger partial charge in [0, 0.05) is 31.2 Å². The van der Waals surface area contributed by atoms with Gasteiger partial charge in [0.1, 0.15) is 0 Å². The fourth-order valence-electron chi connectivity index (χ4n) is 14.1. The second-order valence-electron chi connectivity index (χ2n) is 17.8. The number of nitrogens with zero attached hydrogens (tertiary/aromatic N) is 1. The summed E-state index contributed by atoms with van der Waals surface area (Å²) in [5, 5.41) is 13.8. The smallest absolute Gasteiger partial charge is 0.306 e. The van der Waals surface area contributed by atoms with Crippen molar-refractivity contribution in [2.45, 2.75) is 135 Å². The molecule has 2 heterocycles. The van der Waals surface area contributed by atoms with Gasteiger partial charge in [0.25, 0.3) is 0 Å². The number of hydrogen-bond donors (Lipinski definition) is 2. The summed E-state index contributed by atoms with van der Waals surface area (Å²) in [4.78, 5) is 14.3. The highest BCUT2D eigenvalue weighted by Gasteiger charge is 2.68. The number of carboxylic acids is 1. The minimum absolute atomic E-state index is 0.186. The molecule has 5 heteroatoms. The number of morpholine rings is 1. The first-order valence-electron chi connectivity index (χ1n) is 18.8. The SMILES string of the molecule is CC1C(C2=CCC(C(=O)O)CC2)=CCC2(C)C1CCC1(C)C2CCC2[C@H]3CCC[C@]3(NCCN3CC4CC3CO4)CC[C@]21C. The maximum Gasteiger partial charge on any atom is 0.306 e. The summed E-state index contributed by atoms with van der Waals surface area (Å²) in [7, 11) is 0. The van der Waals surface area contributed by atoms with Crippen LogP contribution in [0.2, 0.25) is 0 Å². The van der Waals surface area contributed by atoms with Gasteiger partial charge in [-0.1, -0.05) is 46.3 Å². The largest absolute Gasteiger partial charge is 0.481 e. The molecule has 2 aliphatic heterocycles. The molecule has 6 aliphatic carbocycles. The van der Waals surface area contributed by atoms with Gasteiger partial charge in [-0.05, 0) is 140 Å². The zero-order valence-electron chi connectivity index (χ0n) is 28.2. The average molecular weight is 605 g/mol. The normalized spacial score (nSPS) is 51.5. The molecule has 0 amide bonds. The fraction of sp³-hybridized carbons (Fsp3) is 0.872. The molecule has 44 heavy (non-hydrogen) atoms. The van der Waals surface area contributed by atoms with E-state index in [1.807, 2.05) is 0 Å². The van der Waals surface area contributed by atoms with Gasteiger partial charge in [0.15, 0.2) is 0 Å². The van der Waals surface area contributed by atoms with E-state index in [-0.39, 0.29) is 5.92 Å². The number of fused-ring (bicyclic) bond motifs is 9. The standard InChI is InChI=1S/C39H60N2O3/c1-25-30(26-7-9-27(10-8-26)35(42)43)13-16-36(2)31(25)14-17-38(4)34(36)12-11-32-33-6-5-15-39(33,19-18-37(32,38)3)40-20-21-41-23-29-22-28(41)24-44-29/h7,13,25,27-29,31-34,40H,5-6,8-12,14-24H2,1-4H3,(H,42,43)/t25?,27?,28?,29?,31?,32?,33-,34?,36?,37-,38?,39+/m1/s1. The van der Waals surface area contributed by atoms with Crippen LogP contribution in [0.25, 0.3) is 0 Å². The van der Waals surface area contributed by atoms with Gasteiger partial charge < -0.3 is 15.2 Å². The lowest BCUT2D eigenvalue weighted by atomic mass is 9.34. The van der Waals surface area contributed by atoms with E-state index < -0.39 is 5.97 Å². The number of hydrogen-bond acceptors (Lipinski definition) is 4. The maximum atomic E-state index is 11.6. The number of allylic oxidation sites excluding steroid dienone is 4. The van der Waals surface area contributed by atoms with Crippen LogP contribution in [0.3, 0.4) is 0 Å². The molecule has 12 atom stereocenters. The highest BCUT2D eigenvalue weighted by Crippen LogP contribution is 2.75. The number of carboxylic acid groups (broad SMARTS) is 1. The van der Waals surface area contributed by atoms with Gasteiger partial charge in [-0.3, -0.25) is 9.69 Å². The van der Waals surface area contributed by atoms with E-state index in [4.69, 9.17) is 4.74 Å². The second-order valence-corrected chi connectivity index (χ2v) is 17.8. The molecule has 0 spiro atoms. The Kier molecular flexibility index (Phi) is 7.32. The minimum atomic E-state index is -0.619. The summed E-state index contributed by atoms with van der Waals surface area (Å²) in [6.45, 7) is 15.2.